The van der Waals surface area contributed by atoms with Gasteiger partial charge in [-0.3, -0.25) is 4.79 Å². The maximum atomic E-state index is 13.8. The van der Waals surface area contributed by atoms with Gasteiger partial charge in [0.2, 0.25) is 0 Å². The van der Waals surface area contributed by atoms with Gasteiger partial charge in [-0.05, 0) is 61.3 Å². The van der Waals surface area contributed by atoms with Gasteiger partial charge in [-0.25, -0.2) is 0 Å². The normalized spacial score (nSPS) is 30.2. The number of carbonyl (C=O) groups is 1. The van der Waals surface area contributed by atoms with E-state index in [-0.39, 0.29) is 57.8 Å². The van der Waals surface area contributed by atoms with Crippen molar-refractivity contribution < 1.29 is 22.8 Å². The predicted octanol–water partition coefficient (Wildman–Crippen LogP) is 9.04. The first-order chi connectivity index (χ1) is 18.1. The second kappa shape index (κ2) is 12.8. The quantitative estimate of drug-likeness (QED) is 0.132. The molecule has 0 bridgehead atoms. The summed E-state index contributed by atoms with van der Waals surface area (Å²) in [5.41, 5.74) is 1.24. The Kier molecular flexibility index (Phi) is 11.5. The lowest BCUT2D eigenvalue weighted by atomic mass is 9.68. The smallest absolute Gasteiger partial charge is 0.309 e. The zero-order chi connectivity index (χ0) is 31.1. The number of rotatable bonds is 11. The summed E-state index contributed by atoms with van der Waals surface area (Å²) in [6, 6.07) is 3.33. The molecule has 2 aliphatic carbocycles. The second-order valence-corrected chi connectivity index (χ2v) is 30.1. The molecule has 0 N–H and O–H groups in total. The lowest BCUT2D eigenvalue weighted by Gasteiger charge is -2.45. The molecule has 0 unspecified atom stereocenters. The zero-order valence-electron chi connectivity index (χ0n) is 29.0. The first-order valence-corrected chi connectivity index (χ1v) is 24.2. The Morgan fingerprint density at radius 2 is 1.35 bits per heavy atom. The highest BCUT2D eigenvalue weighted by Crippen LogP contribution is 2.55. The summed E-state index contributed by atoms with van der Waals surface area (Å²) in [5.74, 6) is -0.128. The Morgan fingerprint density at radius 3 is 1.77 bits per heavy atom. The van der Waals surface area contributed by atoms with E-state index in [1.165, 1.54) is 12.7 Å². The molecule has 0 aromatic rings. The Balaban J connectivity index is 2.67. The summed E-state index contributed by atoms with van der Waals surface area (Å²) in [7, 11) is -4.49. The summed E-state index contributed by atoms with van der Waals surface area (Å²) in [5, 5.41) is 0.174. The molecule has 5 nitrogen and oxygen atoms in total. The van der Waals surface area contributed by atoms with Crippen molar-refractivity contribution in [3.8, 4) is 0 Å². The molecule has 0 aromatic heterocycles. The fourth-order valence-electron chi connectivity index (χ4n) is 6.34. The van der Waals surface area contributed by atoms with Gasteiger partial charge in [-0.2, -0.15) is 0 Å². The molecule has 2 rings (SSSR count). The van der Waals surface area contributed by atoms with Crippen LogP contribution in [0.25, 0.3) is 0 Å². The van der Waals surface area contributed by atoms with Crippen LogP contribution in [-0.4, -0.2) is 56.8 Å². The summed E-state index contributed by atoms with van der Waals surface area (Å²) < 4.78 is 27.0. The van der Waals surface area contributed by atoms with Gasteiger partial charge < -0.3 is 18.0 Å². The number of fused-ring (bicyclic) bond motifs is 1. The first-order valence-electron chi connectivity index (χ1n) is 15.9. The van der Waals surface area contributed by atoms with Crippen molar-refractivity contribution in [2.24, 2.45) is 29.6 Å². The Morgan fingerprint density at radius 1 is 0.850 bits per heavy atom. The van der Waals surface area contributed by atoms with E-state index in [1.807, 2.05) is 0 Å². The van der Waals surface area contributed by atoms with Gasteiger partial charge in [0.15, 0.2) is 25.0 Å². The highest BCUT2D eigenvalue weighted by molar-refractivity contribution is 6.74. The van der Waals surface area contributed by atoms with Crippen LogP contribution in [0.4, 0.5) is 0 Å². The molecule has 0 spiro atoms. The number of methoxy groups -OCH3 is 1. The van der Waals surface area contributed by atoms with Crippen molar-refractivity contribution in [1.29, 1.82) is 0 Å². The van der Waals surface area contributed by atoms with Crippen molar-refractivity contribution >= 4 is 30.9 Å². The fourth-order valence-corrected chi connectivity index (χ4v) is 11.7. The van der Waals surface area contributed by atoms with E-state index >= 15 is 0 Å². The molecule has 40 heavy (non-hydrogen) atoms. The highest BCUT2D eigenvalue weighted by Gasteiger charge is 2.60. The SMILES string of the molecule is CC[Si](CC)(CC)O[C@H]1[C@H](C)[C@@H](O[Si](C)(C)C(C)(C)C)[C@H]2[C@H]1C=C(C)[C@H](CO[Si](C)(C)C(C)(C)C)[C@@H]2C(=O)OC. The number of esters is 1. The molecule has 1 saturated carbocycles. The Hall–Kier alpha value is -0.259. The van der Waals surface area contributed by atoms with Gasteiger partial charge in [-0.1, -0.05) is 80.9 Å². The second-order valence-electron chi connectivity index (χ2n) is 15.8. The lowest BCUT2D eigenvalue weighted by Crippen LogP contribution is -2.51. The molecule has 0 saturated heterocycles. The Labute approximate surface area is 250 Å². The molecular weight excluding hydrogens is 549 g/mol. The molecule has 0 amide bonds. The lowest BCUT2D eigenvalue weighted by molar-refractivity contribution is -0.152. The van der Waals surface area contributed by atoms with E-state index in [2.05, 4.69) is 108 Å². The van der Waals surface area contributed by atoms with E-state index in [0.717, 1.165) is 18.1 Å². The van der Waals surface area contributed by atoms with Crippen molar-refractivity contribution in [3.63, 3.8) is 0 Å². The van der Waals surface area contributed by atoms with Gasteiger partial charge in [0.25, 0.3) is 0 Å². The van der Waals surface area contributed by atoms with Crippen LogP contribution in [0.3, 0.4) is 0 Å². The third-order valence-corrected chi connectivity index (χ3v) is 25.2. The molecule has 0 radical (unpaired) electrons. The number of ether oxygens (including phenoxy) is 1. The summed E-state index contributed by atoms with van der Waals surface area (Å²) >= 11 is 0. The molecule has 2 aliphatic rings. The van der Waals surface area contributed by atoms with Crippen LogP contribution in [0.5, 0.6) is 0 Å². The van der Waals surface area contributed by atoms with Crippen LogP contribution in [0.2, 0.25) is 54.4 Å². The standard InChI is InChI=1S/C32H64O5Si3/c1-17-40(18-2,19-3)37-28-23(5)29(36-39(15,16)32(9,10)11)26-24(28)20-22(4)25(27(26)30(33)34-12)21-35-38(13,14)31(6,7)8/h20,23-29H,17-19,21H2,1-16H3/t23-,24+,25-,26-,27-,28-,29+/m0/s1. The maximum Gasteiger partial charge on any atom is 0.309 e. The molecule has 0 aliphatic heterocycles. The minimum Gasteiger partial charge on any atom is -0.469 e. The Bertz CT molecular complexity index is 889. The summed E-state index contributed by atoms with van der Waals surface area (Å²) in [6.45, 7) is 34.9. The highest BCUT2D eigenvalue weighted by atomic mass is 28.4. The molecule has 7 atom stereocenters. The van der Waals surface area contributed by atoms with Crippen LogP contribution < -0.4 is 0 Å². The van der Waals surface area contributed by atoms with Crippen molar-refractivity contribution in [2.75, 3.05) is 13.7 Å². The third kappa shape index (κ3) is 7.09. The van der Waals surface area contributed by atoms with E-state index in [0.29, 0.717) is 6.61 Å². The van der Waals surface area contributed by atoms with Crippen molar-refractivity contribution in [1.82, 2.24) is 0 Å². The minimum atomic E-state index is -2.13. The topological polar surface area (TPSA) is 54.0 Å². The number of hydrogen-bond acceptors (Lipinski definition) is 5. The van der Waals surface area contributed by atoms with Gasteiger partial charge in [0.05, 0.1) is 25.2 Å². The molecule has 8 heteroatoms. The van der Waals surface area contributed by atoms with Crippen LogP contribution in [0, 0.1) is 29.6 Å². The maximum absolute atomic E-state index is 13.8. The fraction of sp³-hybridized carbons (Fsp3) is 0.906. The van der Waals surface area contributed by atoms with Crippen LogP contribution in [-0.2, 0) is 22.8 Å². The monoisotopic (exact) mass is 612 g/mol. The van der Waals surface area contributed by atoms with Crippen LogP contribution >= 0.6 is 0 Å². The van der Waals surface area contributed by atoms with Gasteiger partial charge in [0.1, 0.15) is 0 Å². The first kappa shape index (κ1) is 35.9. The molecule has 1 fully saturated rings. The van der Waals surface area contributed by atoms with Gasteiger partial charge >= 0.3 is 5.97 Å². The average Bonchev–Trinajstić information content (AvgIpc) is 3.08. The van der Waals surface area contributed by atoms with Crippen molar-refractivity contribution in [3.05, 3.63) is 11.6 Å². The van der Waals surface area contributed by atoms with Gasteiger partial charge in [0, 0.05) is 30.3 Å². The van der Waals surface area contributed by atoms with E-state index in [9.17, 15) is 4.79 Å². The number of hydrogen-bond donors (Lipinski definition) is 0. The number of carbonyl (C=O) groups excluding carboxylic acids is 1. The molecule has 234 valence electrons. The van der Waals surface area contributed by atoms with Crippen LogP contribution in [0.15, 0.2) is 11.6 Å². The average molecular weight is 613 g/mol. The molecule has 0 aromatic carbocycles. The van der Waals surface area contributed by atoms with Crippen molar-refractivity contribution in [2.45, 2.75) is 143 Å². The van der Waals surface area contributed by atoms with E-state index < -0.39 is 25.0 Å². The summed E-state index contributed by atoms with van der Waals surface area (Å²) in [4.78, 5) is 13.8. The van der Waals surface area contributed by atoms with Gasteiger partial charge in [-0.15, -0.1) is 0 Å². The summed E-state index contributed by atoms with van der Waals surface area (Å²) in [6.07, 6.45) is 2.44. The predicted molar refractivity (Wildman–Crippen MR) is 176 cm³/mol. The van der Waals surface area contributed by atoms with Crippen LogP contribution in [0.1, 0.15) is 76.2 Å². The largest absolute Gasteiger partial charge is 0.469 e. The molecule has 0 heterocycles. The van der Waals surface area contributed by atoms with E-state index in [1.54, 1.807) is 0 Å². The minimum absolute atomic E-state index is 0.00978. The van der Waals surface area contributed by atoms with E-state index in [4.69, 9.17) is 18.0 Å². The third-order valence-electron chi connectivity index (χ3n) is 11.6. The molecular formula is C32H64O5Si3. The zero-order valence-corrected chi connectivity index (χ0v) is 32.0.